The van der Waals surface area contributed by atoms with Gasteiger partial charge in [0.2, 0.25) is 17.8 Å². The first kappa shape index (κ1) is 27.3. The number of likely N-dealkylation sites (tertiary alicyclic amines) is 1. The number of fused-ring (bicyclic) bond motifs is 1. The normalized spacial score (nSPS) is 18.0. The van der Waals surface area contributed by atoms with Gasteiger partial charge in [0, 0.05) is 41.1 Å². The number of nitrogens with zero attached hydrogens (tertiary/aromatic N) is 5. The Morgan fingerprint density at radius 3 is 2.68 bits per heavy atom. The molecular formula is C29H35N9O2S. The Bertz CT molecular complexity index is 1510. The van der Waals surface area contributed by atoms with Crippen LogP contribution in [-0.2, 0) is 9.59 Å². The van der Waals surface area contributed by atoms with Gasteiger partial charge in [-0.1, -0.05) is 19.3 Å². The van der Waals surface area contributed by atoms with Crippen molar-refractivity contribution in [1.82, 2.24) is 34.8 Å². The van der Waals surface area contributed by atoms with Crippen molar-refractivity contribution in [3.63, 3.8) is 0 Å². The van der Waals surface area contributed by atoms with Crippen LogP contribution in [0.15, 0.2) is 58.7 Å². The summed E-state index contributed by atoms with van der Waals surface area (Å²) in [7, 11) is 0. The number of aryl methyl sites for hydroxylation is 1. The van der Waals surface area contributed by atoms with Gasteiger partial charge in [0.1, 0.15) is 5.65 Å². The molecule has 1 saturated carbocycles. The number of anilines is 3. The fourth-order valence-corrected chi connectivity index (χ4v) is 6.27. The Balaban J connectivity index is 1.01. The third kappa shape index (κ3) is 6.88. The highest BCUT2D eigenvalue weighted by atomic mass is 32.2. The van der Waals surface area contributed by atoms with Crippen LogP contribution >= 0.6 is 11.8 Å². The van der Waals surface area contributed by atoms with Gasteiger partial charge in [-0.2, -0.15) is 10.1 Å². The van der Waals surface area contributed by atoms with E-state index in [1.54, 1.807) is 0 Å². The molecule has 2 fully saturated rings. The second kappa shape index (κ2) is 12.3. The van der Waals surface area contributed by atoms with Gasteiger partial charge in [-0.25, -0.2) is 4.98 Å². The van der Waals surface area contributed by atoms with Crippen LogP contribution in [0.1, 0.15) is 44.2 Å². The Kier molecular flexibility index (Phi) is 8.19. The molecule has 2 aliphatic rings. The first-order chi connectivity index (χ1) is 20.0. The SMILES string of the molecule is Cc1cc(Nc2nc(Sc3ccc(NC(=O)CN4CC[C@@H](C(=O)NC5CCCCC5)C4)cc3)nc3cccn23)n[nH]1. The molecule has 1 aliphatic heterocycles. The smallest absolute Gasteiger partial charge is 0.238 e. The molecule has 41 heavy (non-hydrogen) atoms. The lowest BCUT2D eigenvalue weighted by Gasteiger charge is -2.24. The van der Waals surface area contributed by atoms with E-state index in [1.165, 1.54) is 31.0 Å². The van der Waals surface area contributed by atoms with Crippen molar-refractivity contribution in [3.8, 4) is 0 Å². The van der Waals surface area contributed by atoms with Crippen LogP contribution in [0.2, 0.25) is 0 Å². The number of carbonyl (C=O) groups is 2. The van der Waals surface area contributed by atoms with Crippen molar-refractivity contribution >= 4 is 46.7 Å². The lowest BCUT2D eigenvalue weighted by molar-refractivity contribution is -0.126. The average molecular weight is 574 g/mol. The van der Waals surface area contributed by atoms with Gasteiger partial charge in [0.15, 0.2) is 11.0 Å². The molecule has 4 heterocycles. The second-order valence-electron chi connectivity index (χ2n) is 10.9. The third-order valence-electron chi connectivity index (χ3n) is 7.62. The number of hydrogen-bond acceptors (Lipinski definition) is 8. The topological polar surface area (TPSA) is 132 Å². The molecule has 1 atom stereocenters. The summed E-state index contributed by atoms with van der Waals surface area (Å²) in [5.41, 5.74) is 2.45. The standard InChI is InChI=1S/C29H35N9O2S/c1-19-16-24(36-35-19)32-28-34-29(33-25-8-5-14-38(25)28)41-23-11-9-22(10-12-23)30-26(39)18-37-15-13-20(17-37)27(40)31-21-6-3-2-4-7-21/h5,8-12,14,16,20-21H,2-4,6-7,13,15,17-18H2,1H3,(H,30,39)(H,31,40)(H2,32,33,34,35,36)/t20-/m1/s1. The Hall–Kier alpha value is -3.90. The van der Waals surface area contributed by atoms with Crippen LogP contribution < -0.4 is 16.0 Å². The first-order valence-electron chi connectivity index (χ1n) is 14.2. The lowest BCUT2D eigenvalue weighted by atomic mass is 9.95. The molecule has 1 aromatic carbocycles. The molecule has 0 spiro atoms. The first-order valence-corrected chi connectivity index (χ1v) is 15.0. The quantitative estimate of drug-likeness (QED) is 0.232. The van der Waals surface area contributed by atoms with Crippen LogP contribution in [0.3, 0.4) is 0 Å². The van der Waals surface area contributed by atoms with E-state index in [-0.39, 0.29) is 24.3 Å². The maximum Gasteiger partial charge on any atom is 0.238 e. The average Bonchev–Trinajstić information content (AvgIpc) is 3.72. The summed E-state index contributed by atoms with van der Waals surface area (Å²) in [4.78, 5) is 37.8. The fourth-order valence-electron chi connectivity index (χ4n) is 5.51. The maximum atomic E-state index is 12.7. The molecule has 4 aromatic rings. The molecule has 0 bridgehead atoms. The molecule has 3 aromatic heterocycles. The van der Waals surface area contributed by atoms with E-state index < -0.39 is 0 Å². The predicted octanol–water partition coefficient (Wildman–Crippen LogP) is 4.36. The zero-order valence-electron chi connectivity index (χ0n) is 23.1. The molecule has 4 N–H and O–H groups in total. The summed E-state index contributed by atoms with van der Waals surface area (Å²) in [6.45, 7) is 3.61. The molecule has 0 radical (unpaired) electrons. The number of aromatic nitrogens is 5. The summed E-state index contributed by atoms with van der Waals surface area (Å²) in [5.74, 6) is 1.33. The third-order valence-corrected chi connectivity index (χ3v) is 8.50. The summed E-state index contributed by atoms with van der Waals surface area (Å²) in [6, 6.07) is 13.7. The van der Waals surface area contributed by atoms with Crippen LogP contribution in [0.4, 0.5) is 17.5 Å². The highest BCUT2D eigenvalue weighted by Crippen LogP contribution is 2.28. The van der Waals surface area contributed by atoms with E-state index in [9.17, 15) is 9.59 Å². The van der Waals surface area contributed by atoms with E-state index in [0.717, 1.165) is 47.7 Å². The van der Waals surface area contributed by atoms with Gasteiger partial charge in [0.05, 0.1) is 12.5 Å². The zero-order valence-corrected chi connectivity index (χ0v) is 23.9. The van der Waals surface area contributed by atoms with Crippen LogP contribution in [0.25, 0.3) is 5.65 Å². The fraction of sp³-hybridized carbons (Fsp3) is 0.414. The van der Waals surface area contributed by atoms with Crippen molar-refractivity contribution in [1.29, 1.82) is 0 Å². The Labute approximate surface area is 242 Å². The Morgan fingerprint density at radius 2 is 1.90 bits per heavy atom. The van der Waals surface area contributed by atoms with E-state index in [0.29, 0.717) is 29.5 Å². The van der Waals surface area contributed by atoms with Gasteiger partial charge >= 0.3 is 0 Å². The summed E-state index contributed by atoms with van der Waals surface area (Å²) < 4.78 is 1.87. The minimum atomic E-state index is -0.0786. The summed E-state index contributed by atoms with van der Waals surface area (Å²) >= 11 is 1.44. The van der Waals surface area contributed by atoms with Crippen molar-refractivity contribution in [2.24, 2.45) is 5.92 Å². The van der Waals surface area contributed by atoms with E-state index in [1.807, 2.05) is 60.0 Å². The molecule has 214 valence electrons. The van der Waals surface area contributed by atoms with Gasteiger partial charge in [-0.3, -0.25) is 24.0 Å². The number of aromatic amines is 1. The van der Waals surface area contributed by atoms with E-state index in [4.69, 9.17) is 4.98 Å². The summed E-state index contributed by atoms with van der Waals surface area (Å²) in [5, 5.41) is 17.2. The minimum Gasteiger partial charge on any atom is -0.353 e. The van der Waals surface area contributed by atoms with Crippen LogP contribution in [-0.4, -0.2) is 67.0 Å². The van der Waals surface area contributed by atoms with Gasteiger partial charge in [0.25, 0.3) is 0 Å². The number of carbonyl (C=O) groups excluding carboxylic acids is 2. The predicted molar refractivity (Wildman–Crippen MR) is 158 cm³/mol. The number of hydrogen-bond donors (Lipinski definition) is 4. The van der Waals surface area contributed by atoms with E-state index >= 15 is 0 Å². The number of H-pyrrole nitrogens is 1. The molecule has 1 aliphatic carbocycles. The molecule has 1 saturated heterocycles. The molecule has 6 rings (SSSR count). The van der Waals surface area contributed by atoms with Gasteiger partial charge in [-0.15, -0.1) is 0 Å². The molecule has 0 unspecified atom stereocenters. The minimum absolute atomic E-state index is 0.0339. The number of rotatable bonds is 9. The molecule has 2 amide bonds. The largest absolute Gasteiger partial charge is 0.353 e. The lowest BCUT2D eigenvalue weighted by Crippen LogP contribution is -2.41. The number of benzene rings is 1. The monoisotopic (exact) mass is 573 g/mol. The maximum absolute atomic E-state index is 12.7. The molecule has 11 nitrogen and oxygen atoms in total. The van der Waals surface area contributed by atoms with Crippen LogP contribution in [0, 0.1) is 12.8 Å². The zero-order chi connectivity index (χ0) is 28.2. The van der Waals surface area contributed by atoms with Crippen molar-refractivity contribution in [2.75, 3.05) is 30.3 Å². The van der Waals surface area contributed by atoms with E-state index in [2.05, 4.69) is 36.0 Å². The summed E-state index contributed by atoms with van der Waals surface area (Å²) in [6.07, 6.45) is 8.53. The molecular weight excluding hydrogens is 538 g/mol. The number of amides is 2. The number of nitrogens with one attached hydrogen (secondary N) is 4. The van der Waals surface area contributed by atoms with Crippen molar-refractivity contribution in [2.45, 2.75) is 61.5 Å². The van der Waals surface area contributed by atoms with Gasteiger partial charge < -0.3 is 16.0 Å². The van der Waals surface area contributed by atoms with Crippen LogP contribution in [0.5, 0.6) is 0 Å². The molecule has 12 heteroatoms. The highest BCUT2D eigenvalue weighted by molar-refractivity contribution is 7.99. The highest BCUT2D eigenvalue weighted by Gasteiger charge is 2.30. The Morgan fingerprint density at radius 1 is 1.07 bits per heavy atom. The van der Waals surface area contributed by atoms with Crippen molar-refractivity contribution < 1.29 is 9.59 Å². The van der Waals surface area contributed by atoms with Crippen molar-refractivity contribution in [3.05, 3.63) is 54.4 Å². The second-order valence-corrected chi connectivity index (χ2v) is 11.9. The van der Waals surface area contributed by atoms with Gasteiger partial charge in [-0.05, 0) is 80.9 Å².